The second-order valence-electron chi connectivity index (χ2n) is 3.81. The van der Waals surface area contributed by atoms with Crippen molar-refractivity contribution >= 4 is 21.9 Å². The molecule has 13 heavy (non-hydrogen) atoms. The first-order valence-corrected chi connectivity index (χ1v) is 4.61. The first-order chi connectivity index (χ1) is 5.82. The number of H-pyrrole nitrogens is 1. The zero-order valence-electron chi connectivity index (χ0n) is 7.68. The number of rotatable bonds is 1. The lowest BCUT2D eigenvalue weighted by atomic mass is 9.93. The summed E-state index contributed by atoms with van der Waals surface area (Å²) in [4.78, 5) is 17.2. The summed E-state index contributed by atoms with van der Waals surface area (Å²) >= 11 is 3.22. The Bertz CT molecular complexity index is 338. The Balaban J connectivity index is 3.18. The second kappa shape index (κ2) is 3.14. The van der Waals surface area contributed by atoms with Gasteiger partial charge in [0.05, 0.1) is 5.69 Å². The SMILES string of the molecule is CC(C)(C)c1[nH]c(C(=O)O)nc1Br. The van der Waals surface area contributed by atoms with Gasteiger partial charge in [-0.25, -0.2) is 9.78 Å². The van der Waals surface area contributed by atoms with Gasteiger partial charge in [-0.05, 0) is 15.9 Å². The zero-order valence-corrected chi connectivity index (χ0v) is 9.27. The smallest absolute Gasteiger partial charge is 0.371 e. The molecule has 0 bridgehead atoms. The van der Waals surface area contributed by atoms with Crippen LogP contribution in [0, 0.1) is 0 Å². The molecule has 1 aromatic heterocycles. The largest absolute Gasteiger partial charge is 0.475 e. The van der Waals surface area contributed by atoms with Crippen molar-refractivity contribution in [2.45, 2.75) is 26.2 Å². The number of hydrogen-bond acceptors (Lipinski definition) is 2. The average molecular weight is 247 g/mol. The fourth-order valence-corrected chi connectivity index (χ4v) is 1.82. The van der Waals surface area contributed by atoms with E-state index in [-0.39, 0.29) is 11.2 Å². The van der Waals surface area contributed by atoms with Gasteiger partial charge in [0.25, 0.3) is 0 Å². The normalized spacial score (nSPS) is 11.7. The molecular weight excluding hydrogens is 236 g/mol. The number of carboxylic acid groups (broad SMARTS) is 1. The third-order valence-electron chi connectivity index (χ3n) is 1.61. The minimum atomic E-state index is -1.05. The summed E-state index contributed by atoms with van der Waals surface area (Å²) in [6, 6.07) is 0. The number of hydrogen-bond donors (Lipinski definition) is 2. The van der Waals surface area contributed by atoms with Crippen molar-refractivity contribution in [2.24, 2.45) is 0 Å². The number of nitrogens with zero attached hydrogens (tertiary/aromatic N) is 1. The molecular formula is C8H11BrN2O2. The molecule has 0 fully saturated rings. The number of aromatic carboxylic acids is 1. The Hall–Kier alpha value is -0.840. The Labute approximate surface area is 84.5 Å². The number of aromatic amines is 1. The van der Waals surface area contributed by atoms with Gasteiger partial charge in [-0.15, -0.1) is 0 Å². The summed E-state index contributed by atoms with van der Waals surface area (Å²) in [6.07, 6.45) is 0. The van der Waals surface area contributed by atoms with E-state index in [1.807, 2.05) is 20.8 Å². The maximum atomic E-state index is 10.6. The summed E-state index contributed by atoms with van der Waals surface area (Å²) in [5.41, 5.74) is 0.657. The predicted molar refractivity (Wildman–Crippen MR) is 51.9 cm³/mol. The van der Waals surface area contributed by atoms with Crippen LogP contribution in [0.3, 0.4) is 0 Å². The molecule has 0 aliphatic rings. The van der Waals surface area contributed by atoms with E-state index in [1.54, 1.807) is 0 Å². The van der Waals surface area contributed by atoms with Gasteiger partial charge < -0.3 is 10.1 Å². The maximum absolute atomic E-state index is 10.6. The van der Waals surface area contributed by atoms with Crippen LogP contribution in [-0.4, -0.2) is 21.0 Å². The minimum Gasteiger partial charge on any atom is -0.475 e. The summed E-state index contributed by atoms with van der Waals surface area (Å²) in [7, 11) is 0. The Morgan fingerprint density at radius 2 is 2.08 bits per heavy atom. The Kier molecular flexibility index (Phi) is 2.47. The van der Waals surface area contributed by atoms with E-state index in [0.717, 1.165) is 5.69 Å². The Morgan fingerprint density at radius 1 is 1.54 bits per heavy atom. The summed E-state index contributed by atoms with van der Waals surface area (Å²) in [6.45, 7) is 5.95. The standard InChI is InChI=1S/C8H11BrN2O2/c1-8(2,3)4-5(9)11-6(10-4)7(12)13/h1-3H3,(H,10,11)(H,12,13). The minimum absolute atomic E-state index is 0.0307. The number of carboxylic acids is 1. The number of nitrogens with one attached hydrogen (secondary N) is 1. The summed E-state index contributed by atoms with van der Waals surface area (Å²) in [5, 5.41) is 8.67. The van der Waals surface area contributed by atoms with Gasteiger partial charge in [0, 0.05) is 5.41 Å². The molecule has 1 rings (SSSR count). The molecule has 0 spiro atoms. The molecule has 1 aromatic rings. The van der Waals surface area contributed by atoms with Gasteiger partial charge >= 0.3 is 5.97 Å². The third kappa shape index (κ3) is 2.09. The fraction of sp³-hybridized carbons (Fsp3) is 0.500. The van der Waals surface area contributed by atoms with Crippen LogP contribution in [0.25, 0.3) is 0 Å². The highest BCUT2D eigenvalue weighted by Crippen LogP contribution is 2.27. The molecule has 0 aromatic carbocycles. The molecule has 5 heteroatoms. The van der Waals surface area contributed by atoms with Gasteiger partial charge in [-0.1, -0.05) is 20.8 Å². The van der Waals surface area contributed by atoms with Crippen molar-refractivity contribution in [1.82, 2.24) is 9.97 Å². The topological polar surface area (TPSA) is 66.0 Å². The lowest BCUT2D eigenvalue weighted by Gasteiger charge is -2.16. The van der Waals surface area contributed by atoms with Crippen LogP contribution in [0.5, 0.6) is 0 Å². The molecule has 4 nitrogen and oxygen atoms in total. The molecule has 0 amide bonds. The van der Waals surface area contributed by atoms with Crippen molar-refractivity contribution < 1.29 is 9.90 Å². The molecule has 0 aliphatic heterocycles. The van der Waals surface area contributed by atoms with Crippen molar-refractivity contribution in [3.63, 3.8) is 0 Å². The van der Waals surface area contributed by atoms with E-state index in [4.69, 9.17) is 5.11 Å². The van der Waals surface area contributed by atoms with E-state index in [0.29, 0.717) is 4.60 Å². The highest BCUT2D eigenvalue weighted by molar-refractivity contribution is 9.10. The van der Waals surface area contributed by atoms with Gasteiger partial charge in [-0.2, -0.15) is 0 Å². The molecule has 0 saturated carbocycles. The van der Waals surface area contributed by atoms with E-state index in [2.05, 4.69) is 25.9 Å². The quantitative estimate of drug-likeness (QED) is 0.799. The van der Waals surface area contributed by atoms with Crippen LogP contribution in [0.4, 0.5) is 0 Å². The molecule has 0 saturated heterocycles. The van der Waals surface area contributed by atoms with Crippen LogP contribution >= 0.6 is 15.9 Å². The molecule has 2 N–H and O–H groups in total. The second-order valence-corrected chi connectivity index (χ2v) is 4.56. The van der Waals surface area contributed by atoms with Crippen LogP contribution in [0.2, 0.25) is 0 Å². The van der Waals surface area contributed by atoms with E-state index >= 15 is 0 Å². The van der Waals surface area contributed by atoms with Crippen LogP contribution in [0.1, 0.15) is 37.1 Å². The molecule has 0 radical (unpaired) electrons. The number of carbonyl (C=O) groups is 1. The van der Waals surface area contributed by atoms with Crippen LogP contribution < -0.4 is 0 Å². The van der Waals surface area contributed by atoms with E-state index < -0.39 is 5.97 Å². The van der Waals surface area contributed by atoms with Crippen molar-refractivity contribution in [3.05, 3.63) is 16.1 Å². The van der Waals surface area contributed by atoms with Crippen molar-refractivity contribution in [3.8, 4) is 0 Å². The first-order valence-electron chi connectivity index (χ1n) is 3.81. The molecule has 72 valence electrons. The van der Waals surface area contributed by atoms with Crippen LogP contribution in [0.15, 0.2) is 4.60 Å². The highest BCUT2D eigenvalue weighted by Gasteiger charge is 2.22. The predicted octanol–water partition coefficient (Wildman–Crippen LogP) is 2.17. The maximum Gasteiger partial charge on any atom is 0.371 e. The molecule has 0 atom stereocenters. The molecule has 0 unspecified atom stereocenters. The van der Waals surface area contributed by atoms with E-state index in [1.165, 1.54) is 0 Å². The number of aromatic nitrogens is 2. The van der Waals surface area contributed by atoms with Crippen molar-refractivity contribution in [2.75, 3.05) is 0 Å². The first kappa shape index (κ1) is 10.2. The molecule has 0 aliphatic carbocycles. The van der Waals surface area contributed by atoms with Crippen molar-refractivity contribution in [1.29, 1.82) is 0 Å². The molecule has 1 heterocycles. The van der Waals surface area contributed by atoms with Gasteiger partial charge in [0.15, 0.2) is 0 Å². The van der Waals surface area contributed by atoms with Gasteiger partial charge in [-0.3, -0.25) is 0 Å². The highest BCUT2D eigenvalue weighted by atomic mass is 79.9. The number of imidazole rings is 1. The van der Waals surface area contributed by atoms with Crippen LogP contribution in [-0.2, 0) is 5.41 Å². The fourth-order valence-electron chi connectivity index (χ4n) is 0.950. The lowest BCUT2D eigenvalue weighted by Crippen LogP contribution is -2.12. The van der Waals surface area contributed by atoms with E-state index in [9.17, 15) is 4.79 Å². The number of halogens is 1. The average Bonchev–Trinajstić information content (AvgIpc) is 2.29. The lowest BCUT2D eigenvalue weighted by molar-refractivity contribution is 0.0684. The van der Waals surface area contributed by atoms with Gasteiger partial charge in [0.2, 0.25) is 5.82 Å². The monoisotopic (exact) mass is 246 g/mol. The van der Waals surface area contributed by atoms with Gasteiger partial charge in [0.1, 0.15) is 4.60 Å². The third-order valence-corrected chi connectivity index (χ3v) is 2.19. The zero-order chi connectivity index (χ0) is 10.2. The summed E-state index contributed by atoms with van der Waals surface area (Å²) < 4.78 is 0.567. The Morgan fingerprint density at radius 3 is 2.31 bits per heavy atom. The summed E-state index contributed by atoms with van der Waals surface area (Å²) in [5.74, 6) is -1.08.